The highest BCUT2D eigenvalue weighted by molar-refractivity contribution is 5.92. The summed E-state index contributed by atoms with van der Waals surface area (Å²) in [5, 5.41) is 21.9. The maximum atomic E-state index is 8.62. The average molecular weight is 309 g/mol. The number of nitrogens with one attached hydrogen (secondary N) is 2. The molecule has 1 saturated carbocycles. The Labute approximate surface area is 133 Å². The van der Waals surface area contributed by atoms with Crippen LogP contribution in [-0.2, 0) is 0 Å². The summed E-state index contributed by atoms with van der Waals surface area (Å²) in [5.41, 5.74) is 3.05. The molecule has 0 radical (unpaired) electrons. The molecule has 23 heavy (non-hydrogen) atoms. The molecule has 0 aliphatic heterocycles. The van der Waals surface area contributed by atoms with E-state index in [1.54, 1.807) is 10.8 Å². The molecule has 3 heterocycles. The molecule has 0 bridgehead atoms. The second-order valence-corrected chi connectivity index (χ2v) is 6.16. The van der Waals surface area contributed by atoms with Gasteiger partial charge in [-0.25, -0.2) is 9.50 Å². The number of fused-ring (bicyclic) bond motifs is 3. The van der Waals surface area contributed by atoms with Crippen LogP contribution in [0.4, 0.5) is 0 Å². The standard InChI is InChI=1S/C16H19N7/c17-7-1-8-18-12-4-2-11(3-5-12)14-15-13-6-9-19-16(13)20-10-23(15)22-21-14/h6,9-12,18-19H,1-5,8H2. The van der Waals surface area contributed by atoms with Crippen LogP contribution >= 0.6 is 0 Å². The first-order valence-corrected chi connectivity index (χ1v) is 8.14. The van der Waals surface area contributed by atoms with E-state index in [4.69, 9.17) is 5.26 Å². The first-order valence-electron chi connectivity index (χ1n) is 8.14. The zero-order chi connectivity index (χ0) is 15.6. The van der Waals surface area contributed by atoms with Crippen molar-refractivity contribution in [1.29, 1.82) is 5.26 Å². The monoisotopic (exact) mass is 309 g/mol. The van der Waals surface area contributed by atoms with Gasteiger partial charge in [-0.3, -0.25) is 0 Å². The molecule has 3 aromatic rings. The van der Waals surface area contributed by atoms with Crippen LogP contribution in [0.25, 0.3) is 16.6 Å². The molecule has 1 aliphatic rings. The summed E-state index contributed by atoms with van der Waals surface area (Å²) in [7, 11) is 0. The SMILES string of the molecule is N#CCCNC1CCC(c2nnn3cnc4[nH]ccc4c23)CC1. The van der Waals surface area contributed by atoms with Crippen LogP contribution in [0.3, 0.4) is 0 Å². The fourth-order valence-corrected chi connectivity index (χ4v) is 3.60. The lowest BCUT2D eigenvalue weighted by Gasteiger charge is -2.28. The van der Waals surface area contributed by atoms with Crippen LogP contribution in [0.1, 0.15) is 43.7 Å². The molecule has 118 valence electrons. The summed E-state index contributed by atoms with van der Waals surface area (Å²) in [6.45, 7) is 0.788. The van der Waals surface area contributed by atoms with Crippen LogP contribution < -0.4 is 5.32 Å². The molecule has 2 N–H and O–H groups in total. The van der Waals surface area contributed by atoms with Crippen molar-refractivity contribution in [3.8, 4) is 6.07 Å². The van der Waals surface area contributed by atoms with Crippen LogP contribution in [0.15, 0.2) is 18.6 Å². The van der Waals surface area contributed by atoms with Crippen molar-refractivity contribution < 1.29 is 0 Å². The molecule has 7 nitrogen and oxygen atoms in total. The fraction of sp³-hybridized carbons (Fsp3) is 0.500. The minimum absolute atomic E-state index is 0.446. The lowest BCUT2D eigenvalue weighted by molar-refractivity contribution is 0.343. The quantitative estimate of drug-likeness (QED) is 0.720. The van der Waals surface area contributed by atoms with Crippen molar-refractivity contribution in [2.75, 3.05) is 6.54 Å². The van der Waals surface area contributed by atoms with E-state index in [-0.39, 0.29) is 0 Å². The molecular formula is C16H19N7. The Bertz CT molecular complexity index is 848. The smallest absolute Gasteiger partial charge is 0.141 e. The third-order valence-corrected chi connectivity index (χ3v) is 4.78. The highest BCUT2D eigenvalue weighted by atomic mass is 15.4. The molecule has 4 rings (SSSR count). The van der Waals surface area contributed by atoms with Crippen LogP contribution in [0.5, 0.6) is 0 Å². The molecule has 0 atom stereocenters. The van der Waals surface area contributed by atoms with Gasteiger partial charge in [0.2, 0.25) is 0 Å². The Balaban J connectivity index is 1.54. The maximum absolute atomic E-state index is 8.62. The molecule has 0 unspecified atom stereocenters. The van der Waals surface area contributed by atoms with E-state index >= 15 is 0 Å². The van der Waals surface area contributed by atoms with Crippen molar-refractivity contribution in [3.63, 3.8) is 0 Å². The van der Waals surface area contributed by atoms with Gasteiger partial charge in [0.1, 0.15) is 17.5 Å². The van der Waals surface area contributed by atoms with E-state index in [1.807, 2.05) is 12.3 Å². The van der Waals surface area contributed by atoms with Gasteiger partial charge >= 0.3 is 0 Å². The number of aromatic amines is 1. The zero-order valence-electron chi connectivity index (χ0n) is 12.9. The summed E-state index contributed by atoms with van der Waals surface area (Å²) in [5.74, 6) is 0.446. The highest BCUT2D eigenvalue weighted by Crippen LogP contribution is 2.35. The van der Waals surface area contributed by atoms with Crippen molar-refractivity contribution in [3.05, 3.63) is 24.3 Å². The van der Waals surface area contributed by atoms with E-state index in [9.17, 15) is 0 Å². The van der Waals surface area contributed by atoms with Crippen molar-refractivity contribution in [2.24, 2.45) is 0 Å². The van der Waals surface area contributed by atoms with Gasteiger partial charge in [-0.15, -0.1) is 5.10 Å². The van der Waals surface area contributed by atoms with E-state index in [0.717, 1.165) is 54.5 Å². The number of aromatic nitrogens is 5. The minimum Gasteiger partial charge on any atom is -0.346 e. The van der Waals surface area contributed by atoms with Gasteiger partial charge in [-0.2, -0.15) is 5.26 Å². The zero-order valence-corrected chi connectivity index (χ0v) is 12.9. The predicted molar refractivity (Wildman–Crippen MR) is 85.9 cm³/mol. The second kappa shape index (κ2) is 5.97. The van der Waals surface area contributed by atoms with Gasteiger partial charge in [0.25, 0.3) is 0 Å². The van der Waals surface area contributed by atoms with Gasteiger partial charge in [0.15, 0.2) is 0 Å². The summed E-state index contributed by atoms with van der Waals surface area (Å²) < 4.78 is 1.78. The van der Waals surface area contributed by atoms with Gasteiger partial charge in [-0.05, 0) is 31.7 Å². The molecule has 3 aromatic heterocycles. The molecule has 0 aromatic carbocycles. The molecule has 0 amide bonds. The van der Waals surface area contributed by atoms with Gasteiger partial charge in [0.05, 0.1) is 11.8 Å². The normalized spacial score (nSPS) is 21.7. The number of nitrogens with zero attached hydrogens (tertiary/aromatic N) is 5. The summed E-state index contributed by atoms with van der Waals surface area (Å²) >= 11 is 0. The largest absolute Gasteiger partial charge is 0.346 e. The first-order chi connectivity index (χ1) is 11.4. The third-order valence-electron chi connectivity index (χ3n) is 4.78. The maximum Gasteiger partial charge on any atom is 0.141 e. The van der Waals surface area contributed by atoms with Gasteiger partial charge < -0.3 is 10.3 Å². The number of H-pyrrole nitrogens is 1. The molecule has 0 spiro atoms. The second-order valence-electron chi connectivity index (χ2n) is 6.16. The average Bonchev–Trinajstić information content (AvgIpc) is 3.21. The Morgan fingerprint density at radius 2 is 2.22 bits per heavy atom. The first kappa shape index (κ1) is 14.2. The highest BCUT2D eigenvalue weighted by Gasteiger charge is 2.26. The summed E-state index contributed by atoms with van der Waals surface area (Å²) in [6.07, 6.45) is 8.66. The van der Waals surface area contributed by atoms with E-state index in [0.29, 0.717) is 18.4 Å². The Hall–Kier alpha value is -2.46. The fourth-order valence-electron chi connectivity index (χ4n) is 3.60. The lowest BCUT2D eigenvalue weighted by atomic mass is 9.83. The summed E-state index contributed by atoms with van der Waals surface area (Å²) in [6, 6.07) is 4.75. The number of rotatable bonds is 4. The van der Waals surface area contributed by atoms with Gasteiger partial charge in [-0.1, -0.05) is 5.21 Å². The Morgan fingerprint density at radius 1 is 1.35 bits per heavy atom. The van der Waals surface area contributed by atoms with Crippen LogP contribution in [0, 0.1) is 11.3 Å². The number of hydrogen-bond acceptors (Lipinski definition) is 5. The van der Waals surface area contributed by atoms with E-state index in [2.05, 4.69) is 31.7 Å². The number of hydrogen-bond donors (Lipinski definition) is 2. The van der Waals surface area contributed by atoms with E-state index in [1.165, 1.54) is 0 Å². The van der Waals surface area contributed by atoms with E-state index < -0.39 is 0 Å². The summed E-state index contributed by atoms with van der Waals surface area (Å²) in [4.78, 5) is 7.50. The van der Waals surface area contributed by atoms with Crippen molar-refractivity contribution in [1.82, 2.24) is 30.1 Å². The number of nitriles is 1. The van der Waals surface area contributed by atoms with Crippen LogP contribution in [-0.4, -0.2) is 37.4 Å². The molecular weight excluding hydrogens is 290 g/mol. The lowest BCUT2D eigenvalue weighted by Crippen LogP contribution is -2.33. The van der Waals surface area contributed by atoms with Crippen molar-refractivity contribution >= 4 is 16.6 Å². The van der Waals surface area contributed by atoms with Crippen LogP contribution in [0.2, 0.25) is 0 Å². The topological polar surface area (TPSA) is 94.7 Å². The predicted octanol–water partition coefficient (Wildman–Crippen LogP) is 2.14. The molecule has 7 heteroatoms. The minimum atomic E-state index is 0.446. The van der Waals surface area contributed by atoms with Crippen molar-refractivity contribution in [2.45, 2.75) is 44.1 Å². The molecule has 1 fully saturated rings. The Morgan fingerprint density at radius 3 is 3.04 bits per heavy atom. The molecule has 0 saturated heterocycles. The third kappa shape index (κ3) is 2.55. The Kier molecular flexibility index (Phi) is 3.67. The van der Waals surface area contributed by atoms with Gasteiger partial charge in [0, 0.05) is 36.5 Å². The molecule has 1 aliphatic carbocycles.